The molecule has 0 atom stereocenters. The summed E-state index contributed by atoms with van der Waals surface area (Å²) in [6.07, 6.45) is 11.6. The summed E-state index contributed by atoms with van der Waals surface area (Å²) < 4.78 is 6.84. The minimum Gasteiger partial charge on any atom is -0.363 e. The number of para-hydroxylation sites is 1. The molecule has 28 heavy (non-hydrogen) atoms. The lowest BCUT2D eigenvalue weighted by Crippen LogP contribution is -2.29. The Balaban J connectivity index is 1.57. The van der Waals surface area contributed by atoms with Crippen molar-refractivity contribution >= 4 is 23.4 Å². The summed E-state index contributed by atoms with van der Waals surface area (Å²) in [5.74, 6) is 0.392. The lowest BCUT2D eigenvalue weighted by atomic mass is 9.83. The molecule has 5 heteroatoms. The van der Waals surface area contributed by atoms with Gasteiger partial charge >= 0.3 is 0 Å². The zero-order valence-electron chi connectivity index (χ0n) is 15.9. The van der Waals surface area contributed by atoms with Gasteiger partial charge in [-0.15, -0.1) is 0 Å². The number of nitriles is 1. The number of allylic oxidation sites excluding steroid dienone is 4. The van der Waals surface area contributed by atoms with Crippen molar-refractivity contribution in [2.75, 3.05) is 4.72 Å². The molecule has 0 aliphatic heterocycles. The smallest absolute Gasteiger partial charge is 0.102 e. The maximum Gasteiger partial charge on any atom is 0.102 e. The number of nitrogens with zero attached hydrogens (tertiary/aromatic N) is 1. The fourth-order valence-electron chi connectivity index (χ4n) is 3.68. The molecule has 144 valence electrons. The molecular formula is C23H26N4S. The predicted octanol–water partition coefficient (Wildman–Crippen LogP) is 5.93. The first-order valence-corrected chi connectivity index (χ1v) is 10.4. The molecule has 1 aliphatic rings. The molecule has 1 aliphatic carbocycles. The largest absolute Gasteiger partial charge is 0.363 e. The molecule has 1 saturated carbocycles. The van der Waals surface area contributed by atoms with E-state index in [9.17, 15) is 5.26 Å². The highest BCUT2D eigenvalue weighted by Crippen LogP contribution is 2.36. The zero-order chi connectivity index (χ0) is 19.8. The highest BCUT2D eigenvalue weighted by molar-refractivity contribution is 7.98. The van der Waals surface area contributed by atoms with Crippen molar-refractivity contribution in [2.45, 2.75) is 37.6 Å². The first kappa shape index (κ1) is 20.1. The second-order valence-corrected chi connectivity index (χ2v) is 7.55. The van der Waals surface area contributed by atoms with Crippen LogP contribution in [-0.4, -0.2) is 11.0 Å². The summed E-state index contributed by atoms with van der Waals surface area (Å²) in [7, 11) is 0. The SMILES string of the molecule is C=C/C=C(\C=C)c1c[nH]c(C2CCC(NSNc3ccccc3)CC2)c1C#N. The van der Waals surface area contributed by atoms with E-state index in [1.54, 1.807) is 24.3 Å². The van der Waals surface area contributed by atoms with Gasteiger partial charge in [0, 0.05) is 47.2 Å². The van der Waals surface area contributed by atoms with Crippen LogP contribution in [0.25, 0.3) is 5.57 Å². The van der Waals surface area contributed by atoms with Crippen molar-refractivity contribution in [2.24, 2.45) is 0 Å². The number of nitrogens with one attached hydrogen (secondary N) is 3. The molecule has 3 rings (SSSR count). The van der Waals surface area contributed by atoms with E-state index in [0.29, 0.717) is 12.0 Å². The normalized spacial score (nSPS) is 19.6. The topological polar surface area (TPSA) is 63.6 Å². The van der Waals surface area contributed by atoms with E-state index in [2.05, 4.69) is 45.8 Å². The van der Waals surface area contributed by atoms with Crippen LogP contribution in [0.2, 0.25) is 0 Å². The highest BCUT2D eigenvalue weighted by atomic mass is 32.2. The number of aromatic nitrogens is 1. The standard InChI is InChI=1S/C23H26N4S/c1-3-8-17(4-2)22-16-25-23(21(22)15-24)18-11-13-20(14-12-18)27-28-26-19-9-6-5-7-10-19/h3-10,16,18,20,25-27H,1-2,11-14H2/b17-8+. The molecule has 0 unspecified atom stereocenters. The van der Waals surface area contributed by atoms with Crippen LogP contribution in [-0.2, 0) is 0 Å². The zero-order valence-corrected chi connectivity index (χ0v) is 16.8. The van der Waals surface area contributed by atoms with Crippen molar-refractivity contribution in [1.82, 2.24) is 9.71 Å². The Hall–Kier alpha value is -2.68. The van der Waals surface area contributed by atoms with E-state index < -0.39 is 0 Å². The number of anilines is 1. The first-order chi connectivity index (χ1) is 13.8. The molecule has 3 N–H and O–H groups in total. The fraction of sp³-hybridized carbons (Fsp3) is 0.261. The monoisotopic (exact) mass is 390 g/mol. The van der Waals surface area contributed by atoms with E-state index in [0.717, 1.165) is 53.8 Å². The summed E-state index contributed by atoms with van der Waals surface area (Å²) in [5.41, 5.74) is 4.73. The summed E-state index contributed by atoms with van der Waals surface area (Å²) in [5, 5.41) is 9.73. The van der Waals surface area contributed by atoms with E-state index in [4.69, 9.17) is 0 Å². The molecule has 1 fully saturated rings. The van der Waals surface area contributed by atoms with E-state index in [-0.39, 0.29) is 0 Å². The van der Waals surface area contributed by atoms with Crippen LogP contribution in [0, 0.1) is 11.3 Å². The van der Waals surface area contributed by atoms with Crippen LogP contribution in [0.5, 0.6) is 0 Å². The molecule has 0 saturated heterocycles. The summed E-state index contributed by atoms with van der Waals surface area (Å²) in [6.45, 7) is 7.60. The van der Waals surface area contributed by atoms with Crippen molar-refractivity contribution < 1.29 is 0 Å². The minimum atomic E-state index is 0.392. The molecule has 2 aromatic rings. The first-order valence-electron chi connectivity index (χ1n) is 9.56. The number of aromatic amines is 1. The van der Waals surface area contributed by atoms with Crippen LogP contribution in [0.3, 0.4) is 0 Å². The van der Waals surface area contributed by atoms with Gasteiger partial charge in [-0.1, -0.05) is 49.6 Å². The maximum absolute atomic E-state index is 9.73. The fourth-order valence-corrected chi connectivity index (χ4v) is 4.40. The number of benzene rings is 1. The second-order valence-electron chi connectivity index (χ2n) is 6.90. The number of hydrogen-bond acceptors (Lipinski definition) is 4. The summed E-state index contributed by atoms with van der Waals surface area (Å²) >= 11 is 1.55. The van der Waals surface area contributed by atoms with Gasteiger partial charge in [0.15, 0.2) is 0 Å². The van der Waals surface area contributed by atoms with Gasteiger partial charge in [0.05, 0.1) is 5.56 Å². The number of rotatable bonds is 8. The minimum absolute atomic E-state index is 0.392. The Morgan fingerprint density at radius 2 is 1.93 bits per heavy atom. The molecule has 0 spiro atoms. The molecule has 0 bridgehead atoms. The van der Waals surface area contributed by atoms with Gasteiger partial charge in [-0.3, -0.25) is 0 Å². The molecule has 0 amide bonds. The van der Waals surface area contributed by atoms with E-state index in [1.165, 1.54) is 0 Å². The third-order valence-corrected chi connectivity index (χ3v) is 5.94. The highest BCUT2D eigenvalue weighted by Gasteiger charge is 2.26. The third-order valence-electron chi connectivity index (χ3n) is 5.15. The van der Waals surface area contributed by atoms with Crippen molar-refractivity contribution in [3.63, 3.8) is 0 Å². The lowest BCUT2D eigenvalue weighted by molar-refractivity contribution is 0.377. The van der Waals surface area contributed by atoms with Gasteiger partial charge in [0.1, 0.15) is 6.07 Å². The van der Waals surface area contributed by atoms with Gasteiger partial charge in [0.25, 0.3) is 0 Å². The average molecular weight is 391 g/mol. The third kappa shape index (κ3) is 4.78. The molecular weight excluding hydrogens is 364 g/mol. The van der Waals surface area contributed by atoms with Crippen molar-refractivity contribution in [1.29, 1.82) is 5.26 Å². The van der Waals surface area contributed by atoms with Gasteiger partial charge in [-0.2, -0.15) is 5.26 Å². The van der Waals surface area contributed by atoms with Crippen LogP contribution in [0.4, 0.5) is 5.69 Å². The maximum atomic E-state index is 9.73. The van der Waals surface area contributed by atoms with Gasteiger partial charge in [0.2, 0.25) is 0 Å². The average Bonchev–Trinajstić information content (AvgIpc) is 3.17. The molecule has 1 aromatic heterocycles. The predicted molar refractivity (Wildman–Crippen MR) is 120 cm³/mol. The van der Waals surface area contributed by atoms with Crippen LogP contribution >= 0.6 is 12.1 Å². The molecule has 4 nitrogen and oxygen atoms in total. The van der Waals surface area contributed by atoms with Gasteiger partial charge in [-0.05, 0) is 43.4 Å². The summed E-state index contributed by atoms with van der Waals surface area (Å²) in [6, 6.07) is 13.0. The van der Waals surface area contributed by atoms with Crippen LogP contribution < -0.4 is 9.44 Å². The van der Waals surface area contributed by atoms with Crippen LogP contribution in [0.1, 0.15) is 48.4 Å². The van der Waals surface area contributed by atoms with E-state index >= 15 is 0 Å². The van der Waals surface area contributed by atoms with Gasteiger partial charge in [-0.25, -0.2) is 4.72 Å². The quantitative estimate of drug-likeness (QED) is 0.386. The van der Waals surface area contributed by atoms with Gasteiger partial charge < -0.3 is 9.71 Å². The lowest BCUT2D eigenvalue weighted by Gasteiger charge is -2.28. The second kappa shape index (κ2) is 10.0. The van der Waals surface area contributed by atoms with Crippen molar-refractivity contribution in [3.8, 4) is 6.07 Å². The van der Waals surface area contributed by atoms with E-state index in [1.807, 2.05) is 30.5 Å². The summed E-state index contributed by atoms with van der Waals surface area (Å²) in [4.78, 5) is 3.36. The molecule has 0 radical (unpaired) electrons. The van der Waals surface area contributed by atoms with Crippen LogP contribution in [0.15, 0.2) is 67.9 Å². The molecule has 1 aromatic carbocycles. The Kier molecular flexibility index (Phi) is 7.18. The number of H-pyrrole nitrogens is 1. The molecule has 1 heterocycles. The number of hydrogen-bond donors (Lipinski definition) is 3. The van der Waals surface area contributed by atoms with Crippen molar-refractivity contribution in [3.05, 3.63) is 84.7 Å². The Morgan fingerprint density at radius 3 is 2.57 bits per heavy atom. The Morgan fingerprint density at radius 1 is 1.18 bits per heavy atom. The Bertz CT molecular complexity index is 868. The Labute approximate surface area is 171 Å².